The van der Waals surface area contributed by atoms with Gasteiger partial charge < -0.3 is 19.0 Å². The van der Waals surface area contributed by atoms with Crippen molar-refractivity contribution in [1.29, 1.82) is 0 Å². The zero-order valence-electron chi connectivity index (χ0n) is 12.3. The average Bonchev–Trinajstić information content (AvgIpc) is 3.03. The Balaban J connectivity index is 1.62. The van der Waals surface area contributed by atoms with Crippen molar-refractivity contribution in [3.63, 3.8) is 0 Å². The van der Waals surface area contributed by atoms with E-state index in [1.54, 1.807) is 0 Å². The molecule has 0 unspecified atom stereocenters. The SMILES string of the molecule is C[C@@H]1OC(=O)[C@H]2C[C@H]3CCC4(C[C@@H]3[C@@H](C=O)[C@@H]12)OCCO4. The predicted molar refractivity (Wildman–Crippen MR) is 72.2 cm³/mol. The van der Waals surface area contributed by atoms with Crippen LogP contribution >= 0.6 is 0 Å². The average molecular weight is 294 g/mol. The van der Waals surface area contributed by atoms with Crippen LogP contribution in [0.4, 0.5) is 0 Å². The number of fused-ring (bicyclic) bond motifs is 2. The lowest BCUT2D eigenvalue weighted by atomic mass is 9.57. The summed E-state index contributed by atoms with van der Waals surface area (Å²) in [7, 11) is 0. The van der Waals surface area contributed by atoms with E-state index < -0.39 is 5.79 Å². The van der Waals surface area contributed by atoms with Crippen molar-refractivity contribution in [3.8, 4) is 0 Å². The van der Waals surface area contributed by atoms with E-state index in [9.17, 15) is 9.59 Å². The number of carbonyl (C=O) groups excluding carboxylic acids is 2. The molecule has 2 saturated carbocycles. The van der Waals surface area contributed by atoms with Crippen molar-refractivity contribution in [1.82, 2.24) is 0 Å². The molecule has 4 fully saturated rings. The summed E-state index contributed by atoms with van der Waals surface area (Å²) < 4.78 is 17.1. The monoisotopic (exact) mass is 294 g/mol. The first-order chi connectivity index (χ1) is 10.1. The normalized spacial score (nSPS) is 47.8. The minimum atomic E-state index is -0.470. The van der Waals surface area contributed by atoms with Crippen molar-refractivity contribution in [3.05, 3.63) is 0 Å². The third-order valence-electron chi connectivity index (χ3n) is 6.13. The second-order valence-electron chi connectivity index (χ2n) is 7.05. The molecule has 2 heterocycles. The van der Waals surface area contributed by atoms with Crippen molar-refractivity contribution < 1.29 is 23.8 Å². The summed E-state index contributed by atoms with van der Waals surface area (Å²) in [5.41, 5.74) is 0. The minimum absolute atomic E-state index is 0.0350. The van der Waals surface area contributed by atoms with E-state index in [0.717, 1.165) is 32.0 Å². The van der Waals surface area contributed by atoms with Gasteiger partial charge in [0.25, 0.3) is 0 Å². The molecule has 2 aliphatic heterocycles. The second-order valence-corrected chi connectivity index (χ2v) is 7.05. The number of rotatable bonds is 1. The van der Waals surface area contributed by atoms with E-state index in [1.165, 1.54) is 0 Å². The first kappa shape index (κ1) is 13.7. The van der Waals surface area contributed by atoms with Crippen molar-refractivity contribution in [2.75, 3.05) is 13.2 Å². The first-order valence-corrected chi connectivity index (χ1v) is 8.07. The Morgan fingerprint density at radius 1 is 1.29 bits per heavy atom. The van der Waals surface area contributed by atoms with E-state index in [4.69, 9.17) is 14.2 Å². The highest BCUT2D eigenvalue weighted by molar-refractivity contribution is 5.76. The fourth-order valence-corrected chi connectivity index (χ4v) is 5.22. The molecule has 2 aliphatic carbocycles. The van der Waals surface area contributed by atoms with Crippen LogP contribution in [0.3, 0.4) is 0 Å². The van der Waals surface area contributed by atoms with Crippen LogP contribution in [-0.4, -0.2) is 37.4 Å². The van der Waals surface area contributed by atoms with Crippen molar-refractivity contribution in [2.45, 2.75) is 44.5 Å². The maximum atomic E-state index is 12.0. The third kappa shape index (κ3) is 1.97. The van der Waals surface area contributed by atoms with E-state index in [0.29, 0.717) is 19.1 Å². The Morgan fingerprint density at radius 2 is 2.05 bits per heavy atom. The predicted octanol–water partition coefficient (Wildman–Crippen LogP) is 1.54. The van der Waals surface area contributed by atoms with E-state index >= 15 is 0 Å². The zero-order valence-corrected chi connectivity index (χ0v) is 12.3. The fraction of sp³-hybridized carbons (Fsp3) is 0.875. The maximum absolute atomic E-state index is 12.0. The number of carbonyl (C=O) groups is 2. The largest absolute Gasteiger partial charge is 0.462 e. The van der Waals surface area contributed by atoms with Gasteiger partial charge in [0, 0.05) is 24.7 Å². The van der Waals surface area contributed by atoms with Crippen LogP contribution in [0.2, 0.25) is 0 Å². The summed E-state index contributed by atoms with van der Waals surface area (Å²) in [5, 5.41) is 0. The molecule has 0 aromatic carbocycles. The van der Waals surface area contributed by atoms with Crippen LogP contribution in [0, 0.1) is 29.6 Å². The number of hydrogen-bond acceptors (Lipinski definition) is 5. The van der Waals surface area contributed by atoms with Gasteiger partial charge in [0.2, 0.25) is 0 Å². The maximum Gasteiger partial charge on any atom is 0.309 e. The molecule has 0 N–H and O–H groups in total. The molecule has 4 rings (SSSR count). The molecule has 0 aromatic rings. The standard InChI is InChI=1S/C16H22O5/c1-9-14-11(15(18)21-9)6-10-2-3-16(19-4-5-20-16)7-12(10)13(14)8-17/h8-14H,2-7H2,1H3/t9-,10+,11-,12-,13+,14-/m0/s1. The first-order valence-electron chi connectivity index (χ1n) is 8.07. The third-order valence-corrected chi connectivity index (χ3v) is 6.13. The van der Waals surface area contributed by atoms with Crippen molar-refractivity contribution in [2.24, 2.45) is 29.6 Å². The molecular weight excluding hydrogens is 272 g/mol. The van der Waals surface area contributed by atoms with Gasteiger partial charge in [-0.25, -0.2) is 0 Å². The van der Waals surface area contributed by atoms with Crippen LogP contribution in [-0.2, 0) is 23.8 Å². The Kier molecular flexibility index (Phi) is 3.12. The minimum Gasteiger partial charge on any atom is -0.462 e. The second kappa shape index (κ2) is 4.78. The van der Waals surface area contributed by atoms with Gasteiger partial charge in [-0.05, 0) is 31.6 Å². The Hall–Kier alpha value is -0.940. The molecule has 5 nitrogen and oxygen atoms in total. The molecule has 116 valence electrons. The Labute approximate surface area is 124 Å². The number of aldehydes is 1. The molecule has 1 spiro atoms. The summed E-state index contributed by atoms with van der Waals surface area (Å²) >= 11 is 0. The summed E-state index contributed by atoms with van der Waals surface area (Å²) in [4.78, 5) is 23.8. The molecule has 0 radical (unpaired) electrons. The van der Waals surface area contributed by atoms with Crippen LogP contribution in [0.5, 0.6) is 0 Å². The molecule has 6 atom stereocenters. The van der Waals surface area contributed by atoms with Gasteiger partial charge in [0.1, 0.15) is 12.4 Å². The molecule has 21 heavy (non-hydrogen) atoms. The van der Waals surface area contributed by atoms with E-state index in [1.807, 2.05) is 6.92 Å². The lowest BCUT2D eigenvalue weighted by Crippen LogP contribution is -2.50. The number of hydrogen-bond donors (Lipinski definition) is 0. The molecule has 2 saturated heterocycles. The molecule has 0 bridgehead atoms. The molecule has 4 aliphatic rings. The van der Waals surface area contributed by atoms with E-state index in [-0.39, 0.29) is 35.7 Å². The van der Waals surface area contributed by atoms with E-state index in [2.05, 4.69) is 0 Å². The van der Waals surface area contributed by atoms with Crippen LogP contribution in [0.15, 0.2) is 0 Å². The van der Waals surface area contributed by atoms with Crippen LogP contribution < -0.4 is 0 Å². The Morgan fingerprint density at radius 3 is 2.76 bits per heavy atom. The number of esters is 1. The highest BCUT2D eigenvalue weighted by Gasteiger charge is 2.58. The Bertz CT molecular complexity index is 456. The molecule has 0 aromatic heterocycles. The van der Waals surface area contributed by atoms with Crippen LogP contribution in [0.25, 0.3) is 0 Å². The van der Waals surface area contributed by atoms with Crippen LogP contribution in [0.1, 0.15) is 32.6 Å². The summed E-state index contributed by atoms with van der Waals surface area (Å²) in [6.45, 7) is 3.21. The smallest absolute Gasteiger partial charge is 0.309 e. The van der Waals surface area contributed by atoms with Gasteiger partial charge in [0.05, 0.1) is 19.1 Å². The van der Waals surface area contributed by atoms with Gasteiger partial charge in [-0.2, -0.15) is 0 Å². The molecule has 5 heteroatoms. The highest BCUT2D eigenvalue weighted by atomic mass is 16.7. The van der Waals surface area contributed by atoms with Gasteiger partial charge in [0.15, 0.2) is 5.79 Å². The highest BCUT2D eigenvalue weighted by Crippen LogP contribution is 2.55. The van der Waals surface area contributed by atoms with Gasteiger partial charge in [-0.3, -0.25) is 4.79 Å². The topological polar surface area (TPSA) is 61.8 Å². The van der Waals surface area contributed by atoms with Gasteiger partial charge >= 0.3 is 5.97 Å². The quantitative estimate of drug-likeness (QED) is 0.542. The van der Waals surface area contributed by atoms with Gasteiger partial charge in [-0.1, -0.05) is 0 Å². The molecular formula is C16H22O5. The summed E-state index contributed by atoms with van der Waals surface area (Å²) in [6, 6.07) is 0. The number of cyclic esters (lactones) is 1. The lowest BCUT2D eigenvalue weighted by molar-refractivity contribution is -0.207. The zero-order chi connectivity index (χ0) is 14.6. The van der Waals surface area contributed by atoms with Crippen molar-refractivity contribution >= 4 is 12.3 Å². The lowest BCUT2D eigenvalue weighted by Gasteiger charge is -2.48. The molecule has 0 amide bonds. The summed E-state index contributed by atoms with van der Waals surface area (Å²) in [5.74, 6) is -0.0669. The summed E-state index contributed by atoms with van der Waals surface area (Å²) in [6.07, 6.45) is 4.40. The number of ether oxygens (including phenoxy) is 3. The van der Waals surface area contributed by atoms with Gasteiger partial charge in [-0.15, -0.1) is 0 Å². The fourth-order valence-electron chi connectivity index (χ4n) is 5.22.